The smallest absolute Gasteiger partial charge is 0.232 e. The van der Waals surface area contributed by atoms with Gasteiger partial charge < -0.3 is 23.2 Å². The monoisotopic (exact) mass is 524 g/mol. The Morgan fingerprint density at radius 3 is 2.54 bits per heavy atom. The summed E-state index contributed by atoms with van der Waals surface area (Å²) in [6, 6.07) is 1.84. The topological polar surface area (TPSA) is 96.7 Å². The van der Waals surface area contributed by atoms with Crippen LogP contribution in [0.1, 0.15) is 54.7 Å². The Kier molecular flexibility index (Phi) is 6.87. The van der Waals surface area contributed by atoms with Crippen molar-refractivity contribution in [3.63, 3.8) is 0 Å². The van der Waals surface area contributed by atoms with Gasteiger partial charge in [0.1, 0.15) is 29.1 Å². The molecule has 4 atom stereocenters. The van der Waals surface area contributed by atoms with Gasteiger partial charge in [-0.2, -0.15) is 9.97 Å². The lowest BCUT2D eigenvalue weighted by Crippen LogP contribution is -2.44. The van der Waals surface area contributed by atoms with Crippen LogP contribution in [0.5, 0.6) is 0 Å². The number of fused-ring (bicyclic) bond motifs is 2. The highest BCUT2D eigenvalue weighted by molar-refractivity contribution is 6.74. The summed E-state index contributed by atoms with van der Waals surface area (Å²) in [7, 11) is -1.99. The zero-order chi connectivity index (χ0) is 25.9. The molecule has 1 amide bonds. The highest BCUT2D eigenvalue weighted by Crippen LogP contribution is 2.45. The number of anilines is 1. The molecule has 2 fully saturated rings. The van der Waals surface area contributed by atoms with Crippen molar-refractivity contribution in [2.24, 2.45) is 5.92 Å². The minimum atomic E-state index is -1.99. The van der Waals surface area contributed by atoms with Crippen LogP contribution in [0.2, 0.25) is 23.3 Å². The van der Waals surface area contributed by atoms with Crippen molar-refractivity contribution < 1.29 is 23.4 Å². The number of ether oxygens (including phenoxy) is 3. The highest BCUT2D eigenvalue weighted by atomic mass is 35.5. The summed E-state index contributed by atoms with van der Waals surface area (Å²) in [6.07, 6.45) is 0.376. The van der Waals surface area contributed by atoms with Crippen LogP contribution in [0.3, 0.4) is 0 Å². The van der Waals surface area contributed by atoms with Gasteiger partial charge in [0.2, 0.25) is 11.9 Å². The molecule has 194 valence electrons. The molecule has 2 saturated heterocycles. The van der Waals surface area contributed by atoms with E-state index < -0.39 is 20.3 Å². The van der Waals surface area contributed by atoms with Crippen LogP contribution in [0.15, 0.2) is 12.3 Å². The molecule has 11 heteroatoms. The van der Waals surface area contributed by atoms with Crippen molar-refractivity contribution in [3.05, 3.63) is 17.4 Å². The predicted octanol–water partition coefficient (Wildman–Crippen LogP) is 5.12. The van der Waals surface area contributed by atoms with E-state index in [9.17, 15) is 4.79 Å². The molecule has 0 aliphatic carbocycles. The lowest BCUT2D eigenvalue weighted by atomic mass is 10.1. The molecule has 0 saturated carbocycles. The summed E-state index contributed by atoms with van der Waals surface area (Å²) < 4.78 is 27.4. The first-order valence-corrected chi connectivity index (χ1v) is 15.4. The summed E-state index contributed by atoms with van der Waals surface area (Å²) in [6.45, 7) is 18.9. The molecular weight excluding hydrogens is 488 g/mol. The third kappa shape index (κ3) is 5.14. The van der Waals surface area contributed by atoms with Crippen molar-refractivity contribution >= 4 is 42.8 Å². The van der Waals surface area contributed by atoms with Gasteiger partial charge in [0.05, 0.1) is 12.0 Å². The summed E-state index contributed by atoms with van der Waals surface area (Å²) in [5.74, 6) is -1.00. The first kappa shape index (κ1) is 26.5. The largest absolute Gasteiger partial charge is 0.414 e. The van der Waals surface area contributed by atoms with E-state index in [2.05, 4.69) is 49.1 Å². The van der Waals surface area contributed by atoms with Crippen LogP contribution >= 0.6 is 11.6 Å². The Morgan fingerprint density at radius 1 is 1.26 bits per heavy atom. The number of aromatic nitrogens is 3. The van der Waals surface area contributed by atoms with Crippen LogP contribution in [0.4, 0.5) is 5.95 Å². The molecule has 0 spiro atoms. The molecule has 2 aliphatic rings. The van der Waals surface area contributed by atoms with Gasteiger partial charge in [0.15, 0.2) is 20.3 Å². The first-order chi connectivity index (χ1) is 16.1. The van der Waals surface area contributed by atoms with Crippen LogP contribution in [0.25, 0.3) is 11.0 Å². The van der Waals surface area contributed by atoms with Gasteiger partial charge >= 0.3 is 0 Å². The molecule has 1 N–H and O–H groups in total. The Bertz CT molecular complexity index is 1110. The molecule has 0 unspecified atom stereocenters. The summed E-state index contributed by atoms with van der Waals surface area (Å²) in [5.41, 5.74) is 0.548. The second-order valence-corrected chi connectivity index (χ2v) is 16.8. The van der Waals surface area contributed by atoms with E-state index in [0.717, 1.165) is 0 Å². The molecule has 4 rings (SSSR count). The van der Waals surface area contributed by atoms with Gasteiger partial charge in [-0.15, -0.1) is 0 Å². The molecule has 4 heterocycles. The molecule has 0 bridgehead atoms. The fourth-order valence-electron chi connectivity index (χ4n) is 4.04. The van der Waals surface area contributed by atoms with E-state index >= 15 is 0 Å². The maximum Gasteiger partial charge on any atom is 0.232 e. The number of hydrogen-bond donors (Lipinski definition) is 1. The summed E-state index contributed by atoms with van der Waals surface area (Å²) in [5, 5.41) is 3.73. The second kappa shape index (κ2) is 9.07. The van der Waals surface area contributed by atoms with E-state index in [1.165, 1.54) is 0 Å². The fourth-order valence-corrected chi connectivity index (χ4v) is 5.28. The van der Waals surface area contributed by atoms with Crippen molar-refractivity contribution in [1.29, 1.82) is 0 Å². The number of nitrogens with one attached hydrogen (secondary N) is 1. The SMILES string of the molecule is CC(C)C(=O)Nc1nc(Cl)c2ccn([C@@H]3O[C@H](CO[Si](C)(C)C(C)(C)C)[C@H]4OC(C)(C)O[C@H]43)c2n1. The van der Waals surface area contributed by atoms with Crippen molar-refractivity contribution in [2.45, 2.75) is 96.9 Å². The third-order valence-electron chi connectivity index (χ3n) is 7.10. The van der Waals surface area contributed by atoms with Crippen molar-refractivity contribution in [1.82, 2.24) is 14.5 Å². The van der Waals surface area contributed by atoms with Crippen LogP contribution in [-0.4, -0.2) is 59.5 Å². The van der Waals surface area contributed by atoms with Crippen LogP contribution < -0.4 is 5.32 Å². The number of nitrogens with zero attached hydrogens (tertiary/aromatic N) is 3. The number of carbonyl (C=O) groups excluding carboxylic acids is 1. The molecule has 9 nitrogen and oxygen atoms in total. The van der Waals surface area contributed by atoms with Gasteiger partial charge in [-0.3, -0.25) is 10.1 Å². The molecule has 2 aliphatic heterocycles. The van der Waals surface area contributed by atoms with Gasteiger partial charge in [0, 0.05) is 12.1 Å². The van der Waals surface area contributed by atoms with E-state index in [0.29, 0.717) is 17.6 Å². The van der Waals surface area contributed by atoms with E-state index in [1.807, 2.05) is 30.7 Å². The minimum absolute atomic E-state index is 0.0812. The number of amides is 1. The standard InChI is InChI=1S/C24H37ClN4O5Si/c1-13(2)20(30)28-22-26-18(25)14-10-11-29(19(14)27-22)21-17-16(33-24(6,7)34-17)15(32-21)12-31-35(8,9)23(3,4)5/h10-11,13,15-17,21H,12H2,1-9H3,(H,26,27,28,30)/t15-,16-,17-,21-/m1/s1. The zero-order valence-corrected chi connectivity index (χ0v) is 23.8. The molecule has 0 radical (unpaired) electrons. The molecule has 35 heavy (non-hydrogen) atoms. The summed E-state index contributed by atoms with van der Waals surface area (Å²) >= 11 is 6.45. The quantitative estimate of drug-likeness (QED) is 0.414. The predicted molar refractivity (Wildman–Crippen MR) is 137 cm³/mol. The van der Waals surface area contributed by atoms with Gasteiger partial charge in [-0.05, 0) is 38.0 Å². The number of halogens is 1. The van der Waals surface area contributed by atoms with Crippen molar-refractivity contribution in [3.8, 4) is 0 Å². The average molecular weight is 525 g/mol. The van der Waals surface area contributed by atoms with Gasteiger partial charge in [-0.25, -0.2) is 0 Å². The number of carbonyl (C=O) groups is 1. The third-order valence-corrected chi connectivity index (χ3v) is 11.9. The first-order valence-electron chi connectivity index (χ1n) is 12.1. The fraction of sp³-hybridized carbons (Fsp3) is 0.708. The molecular formula is C24H37ClN4O5Si. The van der Waals surface area contributed by atoms with E-state index in [1.54, 1.807) is 13.8 Å². The van der Waals surface area contributed by atoms with Crippen molar-refractivity contribution in [2.75, 3.05) is 11.9 Å². The Hall–Kier alpha value is -1.56. The Balaban J connectivity index is 1.65. The minimum Gasteiger partial charge on any atom is -0.414 e. The maximum atomic E-state index is 12.2. The van der Waals surface area contributed by atoms with E-state index in [-0.39, 0.29) is 46.3 Å². The summed E-state index contributed by atoms with van der Waals surface area (Å²) in [4.78, 5) is 21.0. The lowest BCUT2D eigenvalue weighted by molar-refractivity contribution is -0.199. The number of rotatable bonds is 6. The van der Waals surface area contributed by atoms with Gasteiger partial charge in [-0.1, -0.05) is 46.2 Å². The second-order valence-electron chi connectivity index (χ2n) is 11.6. The number of hydrogen-bond acceptors (Lipinski definition) is 7. The average Bonchev–Trinajstić information content (AvgIpc) is 3.36. The zero-order valence-electron chi connectivity index (χ0n) is 22.0. The van der Waals surface area contributed by atoms with Gasteiger partial charge in [0.25, 0.3) is 0 Å². The molecule has 2 aromatic rings. The van der Waals surface area contributed by atoms with E-state index in [4.69, 9.17) is 30.2 Å². The molecule has 0 aromatic carbocycles. The Labute approximate surface area is 213 Å². The molecule has 2 aromatic heterocycles. The Morgan fingerprint density at radius 2 is 1.91 bits per heavy atom. The normalized spacial score (nSPS) is 26.5. The lowest BCUT2D eigenvalue weighted by Gasteiger charge is -2.37. The van der Waals surface area contributed by atoms with Crippen LogP contribution in [0, 0.1) is 5.92 Å². The maximum absolute atomic E-state index is 12.2. The highest BCUT2D eigenvalue weighted by Gasteiger charge is 2.56. The van der Waals surface area contributed by atoms with Crippen LogP contribution in [-0.2, 0) is 23.4 Å².